The summed E-state index contributed by atoms with van der Waals surface area (Å²) in [4.78, 5) is 22.9. The Morgan fingerprint density at radius 3 is 2.51 bits per heavy atom. The maximum absolute atomic E-state index is 12.5. The Balaban J connectivity index is 0.000000699. The summed E-state index contributed by atoms with van der Waals surface area (Å²) in [5.74, 6) is 2.11. The van der Waals surface area contributed by atoms with Crippen molar-refractivity contribution in [2.45, 2.75) is 31.7 Å². The second-order valence-electron chi connectivity index (χ2n) is 9.84. The van der Waals surface area contributed by atoms with Gasteiger partial charge in [-0.05, 0) is 69.1 Å². The zero-order valence-electron chi connectivity index (χ0n) is 23.5. The molecule has 41 heavy (non-hydrogen) atoms. The number of likely N-dealkylation sites (N-methyl/N-ethyl adjacent to an activating group) is 1. The van der Waals surface area contributed by atoms with Gasteiger partial charge in [-0.3, -0.25) is 10.2 Å². The topological polar surface area (TPSA) is 138 Å². The van der Waals surface area contributed by atoms with Gasteiger partial charge in [-0.2, -0.15) is 0 Å². The van der Waals surface area contributed by atoms with Crippen LogP contribution in [0.25, 0.3) is 0 Å². The van der Waals surface area contributed by atoms with E-state index in [0.29, 0.717) is 42.3 Å². The number of carbonyl (C=O) groups excluding carboxylic acids is 1. The quantitative estimate of drug-likeness (QED) is 0.226. The molecule has 3 aromatic rings. The second kappa shape index (κ2) is 15.5. The fourth-order valence-electron chi connectivity index (χ4n) is 4.60. The van der Waals surface area contributed by atoms with E-state index in [1.54, 1.807) is 6.08 Å². The van der Waals surface area contributed by atoms with Crippen molar-refractivity contribution in [3.63, 3.8) is 0 Å². The highest BCUT2D eigenvalue weighted by atomic mass is 16.5. The first kappa shape index (κ1) is 29.7. The summed E-state index contributed by atoms with van der Waals surface area (Å²) in [6, 6.07) is 16.8. The average molecular weight is 558 g/mol. The Morgan fingerprint density at radius 2 is 1.83 bits per heavy atom. The lowest BCUT2D eigenvalue weighted by Crippen LogP contribution is -2.45. The molecule has 2 aromatic carbocycles. The smallest absolute Gasteiger partial charge is 0.246 e. The molecule has 1 aromatic heterocycles. The maximum atomic E-state index is 12.5. The molecule has 2 aliphatic heterocycles. The van der Waals surface area contributed by atoms with E-state index in [9.17, 15) is 4.79 Å². The van der Waals surface area contributed by atoms with Crippen LogP contribution in [0.3, 0.4) is 0 Å². The largest absolute Gasteiger partial charge is 0.457 e. The van der Waals surface area contributed by atoms with Gasteiger partial charge in [0.2, 0.25) is 5.91 Å². The molecule has 2 saturated heterocycles. The van der Waals surface area contributed by atoms with E-state index in [0.717, 1.165) is 31.8 Å². The van der Waals surface area contributed by atoms with Crippen LogP contribution in [-0.2, 0) is 9.53 Å². The molecule has 5 rings (SSSR count). The third-order valence-electron chi connectivity index (χ3n) is 6.73. The van der Waals surface area contributed by atoms with Gasteiger partial charge in [0.25, 0.3) is 0 Å². The number of nitrogen functional groups attached to an aromatic ring is 1. The van der Waals surface area contributed by atoms with Gasteiger partial charge in [-0.15, -0.1) is 0 Å². The average Bonchev–Trinajstić information content (AvgIpc) is 3.59. The van der Waals surface area contributed by atoms with E-state index >= 15 is 0 Å². The number of nitrogens with zero attached hydrogens (tertiary/aromatic N) is 3. The molecule has 10 nitrogen and oxygen atoms in total. The van der Waals surface area contributed by atoms with Gasteiger partial charge >= 0.3 is 0 Å². The van der Waals surface area contributed by atoms with Crippen molar-refractivity contribution in [2.75, 3.05) is 50.9 Å². The number of para-hydroxylation sites is 1. The number of aromatic nitrogens is 2. The minimum absolute atomic E-state index is 0.00951. The Bertz CT molecular complexity index is 1290. The van der Waals surface area contributed by atoms with Gasteiger partial charge in [0, 0.05) is 50.5 Å². The fourth-order valence-corrected chi connectivity index (χ4v) is 4.60. The van der Waals surface area contributed by atoms with Crippen molar-refractivity contribution in [3.8, 4) is 11.5 Å². The van der Waals surface area contributed by atoms with E-state index in [4.69, 9.17) is 20.6 Å². The number of likely N-dealkylation sites (tertiary alicyclic amines) is 1. The number of rotatable bonds is 9. The molecule has 1 unspecified atom stereocenters. The zero-order chi connectivity index (χ0) is 28.9. The second-order valence-corrected chi connectivity index (χ2v) is 9.84. The summed E-state index contributed by atoms with van der Waals surface area (Å²) in [6.45, 7) is 3.91. The maximum Gasteiger partial charge on any atom is 0.246 e. The summed E-state index contributed by atoms with van der Waals surface area (Å²) in [5.41, 5.74) is 7.51. The number of nitrogens with one attached hydrogen (secondary N) is 3. The van der Waals surface area contributed by atoms with Crippen LogP contribution in [0.2, 0.25) is 0 Å². The number of nitrogens with two attached hydrogens (primary N) is 1. The van der Waals surface area contributed by atoms with Gasteiger partial charge < -0.3 is 30.7 Å². The third-order valence-corrected chi connectivity index (χ3v) is 6.73. The normalized spacial score (nSPS) is 16.6. The molecule has 0 bridgehead atoms. The van der Waals surface area contributed by atoms with Gasteiger partial charge in [0.05, 0.1) is 11.3 Å². The lowest BCUT2D eigenvalue weighted by atomic mass is 10.0. The highest BCUT2D eigenvalue weighted by Crippen LogP contribution is 2.26. The number of ether oxygens (including phenoxy) is 2. The molecule has 5 N–H and O–H groups in total. The Kier molecular flexibility index (Phi) is 11.2. The molecular weight excluding hydrogens is 518 g/mol. The van der Waals surface area contributed by atoms with Crippen LogP contribution in [0.1, 0.15) is 36.8 Å². The summed E-state index contributed by atoms with van der Waals surface area (Å²) in [7, 11) is 1.84. The highest BCUT2D eigenvalue weighted by molar-refractivity contribution is 6.16. The van der Waals surface area contributed by atoms with E-state index in [-0.39, 0.29) is 23.5 Å². The van der Waals surface area contributed by atoms with Crippen molar-refractivity contribution in [3.05, 3.63) is 84.2 Å². The van der Waals surface area contributed by atoms with Crippen molar-refractivity contribution < 1.29 is 14.3 Å². The number of hydrogen-bond donors (Lipinski definition) is 4. The van der Waals surface area contributed by atoms with Crippen LogP contribution in [0.15, 0.2) is 73.1 Å². The third kappa shape index (κ3) is 8.86. The lowest BCUT2D eigenvalue weighted by molar-refractivity contribution is -0.127. The molecule has 2 fully saturated rings. The predicted molar refractivity (Wildman–Crippen MR) is 162 cm³/mol. The summed E-state index contributed by atoms with van der Waals surface area (Å²) < 4.78 is 10.8. The van der Waals surface area contributed by atoms with Crippen molar-refractivity contribution >= 4 is 23.3 Å². The van der Waals surface area contributed by atoms with Crippen LogP contribution in [0.4, 0.5) is 11.6 Å². The van der Waals surface area contributed by atoms with Gasteiger partial charge in [-0.25, -0.2) is 9.97 Å². The van der Waals surface area contributed by atoms with Crippen LogP contribution < -0.4 is 21.1 Å². The Labute approximate surface area is 241 Å². The van der Waals surface area contributed by atoms with Gasteiger partial charge in [0.15, 0.2) is 0 Å². The molecule has 0 radical (unpaired) electrons. The summed E-state index contributed by atoms with van der Waals surface area (Å²) in [6.07, 6.45) is 9.12. The Morgan fingerprint density at radius 1 is 1.10 bits per heavy atom. The van der Waals surface area contributed by atoms with Crippen molar-refractivity contribution in [2.24, 2.45) is 0 Å². The summed E-state index contributed by atoms with van der Waals surface area (Å²) >= 11 is 0. The molecule has 0 aliphatic carbocycles. The van der Waals surface area contributed by atoms with E-state index < -0.39 is 0 Å². The SMILES string of the molecule is C1CCOC1.CNC/C=C/C(=O)N1CCCC(Nc2ncnc(N)c2C(=N)c2ccc(Oc3ccccc3)cc2)C1. The predicted octanol–water partition coefficient (Wildman–Crippen LogP) is 4.24. The van der Waals surface area contributed by atoms with E-state index in [1.165, 1.54) is 19.2 Å². The number of benzene rings is 2. The minimum Gasteiger partial charge on any atom is -0.457 e. The Hall–Kier alpha value is -4.28. The first-order chi connectivity index (χ1) is 20.0. The van der Waals surface area contributed by atoms with E-state index in [1.807, 2.05) is 72.6 Å². The van der Waals surface area contributed by atoms with Crippen LogP contribution in [0, 0.1) is 5.41 Å². The first-order valence-corrected chi connectivity index (χ1v) is 14.0. The number of piperidine rings is 1. The van der Waals surface area contributed by atoms with Crippen molar-refractivity contribution in [1.29, 1.82) is 5.41 Å². The van der Waals surface area contributed by atoms with Gasteiger partial charge in [-0.1, -0.05) is 24.3 Å². The molecule has 10 heteroatoms. The summed E-state index contributed by atoms with van der Waals surface area (Å²) in [5, 5.41) is 15.2. The van der Waals surface area contributed by atoms with Crippen LogP contribution >= 0.6 is 0 Å². The van der Waals surface area contributed by atoms with Crippen molar-refractivity contribution in [1.82, 2.24) is 20.2 Å². The standard InChI is InChI=1S/C27H31N7O2.C4H8O/c1-30-15-5-10-23(35)34-16-6-7-20(17-34)33-27-24(26(29)31-18-32-27)25(28)19-11-13-22(14-12-19)36-21-8-3-2-4-9-21;1-2-4-5-3-1/h2-5,8-14,18,20,28,30H,6-7,15-17H2,1H3,(H3,29,31,32,33);1-4H2/b10-5+,28-25?;. The van der Waals surface area contributed by atoms with Crippen LogP contribution in [0.5, 0.6) is 11.5 Å². The number of carbonyl (C=O) groups is 1. The molecule has 216 valence electrons. The molecule has 2 aliphatic rings. The fraction of sp³-hybridized carbons (Fsp3) is 0.355. The molecule has 0 spiro atoms. The minimum atomic E-state index is -0.0112. The first-order valence-electron chi connectivity index (χ1n) is 14.0. The number of hydrogen-bond acceptors (Lipinski definition) is 9. The van der Waals surface area contributed by atoms with Gasteiger partial charge in [0.1, 0.15) is 29.5 Å². The zero-order valence-corrected chi connectivity index (χ0v) is 23.5. The van der Waals surface area contributed by atoms with Crippen LogP contribution in [-0.4, -0.2) is 72.4 Å². The highest BCUT2D eigenvalue weighted by Gasteiger charge is 2.25. The number of anilines is 2. The molecular formula is C31H39N7O3. The van der Waals surface area contributed by atoms with E-state index in [2.05, 4.69) is 20.6 Å². The number of amides is 1. The monoisotopic (exact) mass is 557 g/mol. The lowest BCUT2D eigenvalue weighted by Gasteiger charge is -2.33. The molecule has 1 amide bonds. The molecule has 1 atom stereocenters. The molecule has 0 saturated carbocycles. The molecule has 3 heterocycles.